The van der Waals surface area contributed by atoms with Gasteiger partial charge >= 0.3 is 0 Å². The van der Waals surface area contributed by atoms with Crippen molar-refractivity contribution in [3.8, 4) is 0 Å². The zero-order valence-electron chi connectivity index (χ0n) is 9.46. The fraction of sp³-hybridized carbons (Fsp3) is 0.917. The molecule has 1 amide bonds. The van der Waals surface area contributed by atoms with Crippen LogP contribution in [0.15, 0.2) is 0 Å². The third-order valence-corrected chi connectivity index (χ3v) is 3.80. The molecule has 0 bridgehead atoms. The summed E-state index contributed by atoms with van der Waals surface area (Å²) in [7, 11) is 0. The molecule has 0 aliphatic heterocycles. The summed E-state index contributed by atoms with van der Waals surface area (Å²) in [6, 6.07) is 0. The van der Waals surface area contributed by atoms with Gasteiger partial charge in [-0.25, -0.2) is 0 Å². The van der Waals surface area contributed by atoms with Gasteiger partial charge in [0.05, 0.1) is 5.60 Å². The largest absolute Gasteiger partial charge is 0.388 e. The number of carbonyl (C=O) groups excluding carboxylic acids is 1. The Bertz CT molecular complexity index is 240. The van der Waals surface area contributed by atoms with Crippen molar-refractivity contribution in [2.75, 3.05) is 6.54 Å². The van der Waals surface area contributed by atoms with E-state index in [2.05, 4.69) is 5.32 Å². The van der Waals surface area contributed by atoms with E-state index in [0.717, 1.165) is 25.7 Å². The number of amides is 1. The number of nitrogens with one attached hydrogen (secondary N) is 1. The molecule has 2 fully saturated rings. The molecule has 0 aromatic rings. The summed E-state index contributed by atoms with van der Waals surface area (Å²) in [6.45, 7) is 2.26. The van der Waals surface area contributed by atoms with Gasteiger partial charge in [0.25, 0.3) is 0 Å². The highest BCUT2D eigenvalue weighted by Crippen LogP contribution is 2.39. The van der Waals surface area contributed by atoms with E-state index in [-0.39, 0.29) is 11.8 Å². The van der Waals surface area contributed by atoms with Crippen molar-refractivity contribution in [1.29, 1.82) is 0 Å². The summed E-state index contributed by atoms with van der Waals surface area (Å²) in [5.41, 5.74) is -0.686. The molecule has 0 aromatic heterocycles. The van der Waals surface area contributed by atoms with Crippen molar-refractivity contribution < 1.29 is 9.90 Å². The highest BCUT2D eigenvalue weighted by Gasteiger charge is 2.40. The second-order valence-electron chi connectivity index (χ2n) is 5.33. The van der Waals surface area contributed by atoms with Crippen LogP contribution in [-0.4, -0.2) is 23.2 Å². The molecule has 0 heterocycles. The molecule has 0 radical (unpaired) electrons. The molecular formula is C12H21NO2. The van der Waals surface area contributed by atoms with E-state index >= 15 is 0 Å². The van der Waals surface area contributed by atoms with Crippen LogP contribution in [0, 0.1) is 11.8 Å². The number of rotatable bonds is 4. The zero-order valence-corrected chi connectivity index (χ0v) is 9.46. The highest BCUT2D eigenvalue weighted by atomic mass is 16.3. The number of aliphatic hydroxyl groups is 1. The van der Waals surface area contributed by atoms with Gasteiger partial charge in [-0.05, 0) is 38.5 Å². The summed E-state index contributed by atoms with van der Waals surface area (Å²) in [4.78, 5) is 11.7. The topological polar surface area (TPSA) is 49.3 Å². The van der Waals surface area contributed by atoms with Crippen molar-refractivity contribution in [3.63, 3.8) is 0 Å². The highest BCUT2D eigenvalue weighted by molar-refractivity contribution is 5.78. The molecule has 0 saturated heterocycles. The monoisotopic (exact) mass is 211 g/mol. The Kier molecular flexibility index (Phi) is 3.01. The van der Waals surface area contributed by atoms with Crippen LogP contribution in [0.4, 0.5) is 0 Å². The summed E-state index contributed by atoms with van der Waals surface area (Å²) >= 11 is 0. The van der Waals surface area contributed by atoms with E-state index in [4.69, 9.17) is 0 Å². The molecule has 2 aliphatic rings. The molecule has 1 atom stereocenters. The van der Waals surface area contributed by atoms with Crippen LogP contribution in [0.5, 0.6) is 0 Å². The number of carbonyl (C=O) groups is 1. The molecule has 2 saturated carbocycles. The number of hydrogen-bond donors (Lipinski definition) is 2. The maximum Gasteiger partial charge on any atom is 0.223 e. The molecular weight excluding hydrogens is 190 g/mol. The normalized spacial score (nSPS) is 26.3. The Balaban J connectivity index is 1.74. The van der Waals surface area contributed by atoms with E-state index in [1.165, 1.54) is 12.8 Å². The third kappa shape index (κ3) is 2.71. The first-order valence-electron chi connectivity index (χ1n) is 6.10. The van der Waals surface area contributed by atoms with Crippen LogP contribution in [0.3, 0.4) is 0 Å². The predicted octanol–water partition coefficient (Wildman–Crippen LogP) is 1.45. The van der Waals surface area contributed by atoms with Crippen LogP contribution >= 0.6 is 0 Å². The average Bonchev–Trinajstić information content (AvgIpc) is 2.92. The molecule has 0 aromatic carbocycles. The molecule has 2 rings (SSSR count). The lowest BCUT2D eigenvalue weighted by atomic mass is 10.00. The second-order valence-corrected chi connectivity index (χ2v) is 5.33. The van der Waals surface area contributed by atoms with Crippen LogP contribution in [0.25, 0.3) is 0 Å². The van der Waals surface area contributed by atoms with E-state index in [1.807, 2.05) is 6.92 Å². The van der Waals surface area contributed by atoms with Crippen LogP contribution in [-0.2, 0) is 4.79 Å². The fourth-order valence-corrected chi connectivity index (χ4v) is 2.45. The minimum absolute atomic E-state index is 0.147. The standard InChI is InChI=1S/C12H21NO2/c1-12(15,10-6-7-10)8-13-11(14)9-4-2-3-5-9/h9-10,15H,2-8H2,1H3,(H,13,14). The van der Waals surface area contributed by atoms with E-state index in [0.29, 0.717) is 12.5 Å². The first kappa shape index (κ1) is 10.9. The molecule has 86 valence electrons. The van der Waals surface area contributed by atoms with Crippen LogP contribution in [0.2, 0.25) is 0 Å². The second kappa shape index (κ2) is 4.12. The Morgan fingerprint density at radius 2 is 1.93 bits per heavy atom. The molecule has 2 N–H and O–H groups in total. The minimum Gasteiger partial charge on any atom is -0.388 e. The molecule has 2 aliphatic carbocycles. The summed E-state index contributed by atoms with van der Waals surface area (Å²) in [5, 5.41) is 12.9. The first-order valence-corrected chi connectivity index (χ1v) is 6.10. The molecule has 3 nitrogen and oxygen atoms in total. The summed E-state index contributed by atoms with van der Waals surface area (Å²) in [5.74, 6) is 0.759. The molecule has 0 spiro atoms. The van der Waals surface area contributed by atoms with Gasteiger partial charge in [-0.1, -0.05) is 12.8 Å². The Hall–Kier alpha value is -0.570. The maximum atomic E-state index is 11.7. The summed E-state index contributed by atoms with van der Waals surface area (Å²) < 4.78 is 0. The van der Waals surface area contributed by atoms with Crippen molar-refractivity contribution in [2.24, 2.45) is 11.8 Å². The Morgan fingerprint density at radius 1 is 1.33 bits per heavy atom. The van der Waals surface area contributed by atoms with Gasteiger partial charge in [0.15, 0.2) is 0 Å². The third-order valence-electron chi connectivity index (χ3n) is 3.80. The fourth-order valence-electron chi connectivity index (χ4n) is 2.45. The van der Waals surface area contributed by atoms with Crippen LogP contribution in [0.1, 0.15) is 45.4 Å². The van der Waals surface area contributed by atoms with Crippen molar-refractivity contribution in [1.82, 2.24) is 5.32 Å². The van der Waals surface area contributed by atoms with Gasteiger partial charge in [-0.3, -0.25) is 4.79 Å². The predicted molar refractivity (Wildman–Crippen MR) is 58.3 cm³/mol. The maximum absolute atomic E-state index is 11.7. The molecule has 15 heavy (non-hydrogen) atoms. The molecule has 1 unspecified atom stereocenters. The van der Waals surface area contributed by atoms with Crippen molar-refractivity contribution in [3.05, 3.63) is 0 Å². The van der Waals surface area contributed by atoms with Gasteiger partial charge in [-0.2, -0.15) is 0 Å². The van der Waals surface area contributed by atoms with E-state index in [9.17, 15) is 9.90 Å². The average molecular weight is 211 g/mol. The summed E-state index contributed by atoms with van der Waals surface area (Å²) in [6.07, 6.45) is 6.61. The van der Waals surface area contributed by atoms with Crippen molar-refractivity contribution in [2.45, 2.75) is 51.0 Å². The lowest BCUT2D eigenvalue weighted by Gasteiger charge is -2.24. The van der Waals surface area contributed by atoms with E-state index in [1.54, 1.807) is 0 Å². The lowest BCUT2D eigenvalue weighted by Crippen LogP contribution is -2.43. The van der Waals surface area contributed by atoms with Gasteiger partial charge in [0, 0.05) is 12.5 Å². The molecule has 3 heteroatoms. The zero-order chi connectivity index (χ0) is 10.9. The van der Waals surface area contributed by atoms with Gasteiger partial charge in [0.1, 0.15) is 0 Å². The van der Waals surface area contributed by atoms with E-state index < -0.39 is 5.60 Å². The van der Waals surface area contributed by atoms with Gasteiger partial charge in [-0.15, -0.1) is 0 Å². The van der Waals surface area contributed by atoms with Gasteiger partial charge < -0.3 is 10.4 Å². The van der Waals surface area contributed by atoms with Crippen molar-refractivity contribution >= 4 is 5.91 Å². The smallest absolute Gasteiger partial charge is 0.223 e. The van der Waals surface area contributed by atoms with Crippen LogP contribution < -0.4 is 5.32 Å². The SMILES string of the molecule is CC(O)(CNC(=O)C1CCCC1)C1CC1. The Morgan fingerprint density at radius 3 is 2.47 bits per heavy atom. The minimum atomic E-state index is -0.686. The van der Waals surface area contributed by atoms with Gasteiger partial charge in [0.2, 0.25) is 5.91 Å². The first-order chi connectivity index (χ1) is 7.09. The Labute approximate surface area is 91.2 Å². The number of hydrogen-bond acceptors (Lipinski definition) is 2. The lowest BCUT2D eigenvalue weighted by molar-refractivity contribution is -0.126. The quantitative estimate of drug-likeness (QED) is 0.739.